The molecule has 0 spiro atoms. The van der Waals surface area contributed by atoms with Gasteiger partial charge in [0.1, 0.15) is 6.10 Å². The Bertz CT molecular complexity index is 544. The first-order chi connectivity index (χ1) is 9.81. The maximum atomic E-state index is 12.5. The van der Waals surface area contributed by atoms with Gasteiger partial charge < -0.3 is 20.1 Å². The number of Topliss-reactive ketones (excluding diaryl/α,β-unsaturated/α-hetero) is 1. The van der Waals surface area contributed by atoms with Crippen molar-refractivity contribution in [1.82, 2.24) is 0 Å². The fourth-order valence-corrected chi connectivity index (χ4v) is 3.00. The Morgan fingerprint density at radius 1 is 1.33 bits per heavy atom. The second-order valence-corrected chi connectivity index (χ2v) is 6.10. The molecule has 116 valence electrons. The number of rotatable bonds is 4. The highest BCUT2D eigenvalue weighted by molar-refractivity contribution is 6.03. The lowest BCUT2D eigenvalue weighted by Gasteiger charge is -2.37. The number of carbonyl (C=O) groups is 1. The molecule has 3 N–H and O–H groups in total. The van der Waals surface area contributed by atoms with Gasteiger partial charge in [0.2, 0.25) is 0 Å². The lowest BCUT2D eigenvalue weighted by Crippen LogP contribution is -2.48. The summed E-state index contributed by atoms with van der Waals surface area (Å²) in [7, 11) is 1.54. The van der Waals surface area contributed by atoms with Gasteiger partial charge in [0.15, 0.2) is 5.78 Å². The molecule has 1 aromatic rings. The largest absolute Gasteiger partial charge is 0.392 e. The molecule has 1 aromatic carbocycles. The third-order valence-corrected chi connectivity index (χ3v) is 4.19. The molecule has 0 amide bonds. The molecule has 1 aliphatic rings. The van der Waals surface area contributed by atoms with Crippen molar-refractivity contribution in [2.45, 2.75) is 45.2 Å². The number of aliphatic hydroxyl groups is 3. The second-order valence-electron chi connectivity index (χ2n) is 6.10. The van der Waals surface area contributed by atoms with Crippen LogP contribution in [0.3, 0.4) is 0 Å². The van der Waals surface area contributed by atoms with Crippen LogP contribution in [0.1, 0.15) is 40.9 Å². The minimum absolute atomic E-state index is 0.183. The SMILES string of the molecule is COCc1ccc(CO)c2c1C(=O)[C@@H](O)C(C(C)(C)O)C2. The Morgan fingerprint density at radius 2 is 1.95 bits per heavy atom. The van der Waals surface area contributed by atoms with Crippen molar-refractivity contribution >= 4 is 5.78 Å². The average molecular weight is 294 g/mol. The van der Waals surface area contributed by atoms with Crippen LogP contribution in [0.4, 0.5) is 0 Å². The van der Waals surface area contributed by atoms with Gasteiger partial charge in [-0.3, -0.25) is 4.79 Å². The van der Waals surface area contributed by atoms with Crippen molar-refractivity contribution in [1.29, 1.82) is 0 Å². The predicted molar refractivity (Wildman–Crippen MR) is 76.9 cm³/mol. The van der Waals surface area contributed by atoms with Gasteiger partial charge in [-0.15, -0.1) is 0 Å². The van der Waals surface area contributed by atoms with Crippen LogP contribution in [-0.4, -0.2) is 39.9 Å². The van der Waals surface area contributed by atoms with E-state index in [2.05, 4.69) is 0 Å². The van der Waals surface area contributed by atoms with Crippen LogP contribution in [0.25, 0.3) is 0 Å². The summed E-state index contributed by atoms with van der Waals surface area (Å²) in [5, 5.41) is 29.9. The first-order valence-corrected chi connectivity index (χ1v) is 6.99. The molecule has 0 radical (unpaired) electrons. The van der Waals surface area contributed by atoms with Crippen molar-refractivity contribution < 1.29 is 24.9 Å². The number of aliphatic hydroxyl groups excluding tert-OH is 2. The molecule has 5 heteroatoms. The van der Waals surface area contributed by atoms with Crippen LogP contribution >= 0.6 is 0 Å². The number of methoxy groups -OCH3 is 1. The van der Waals surface area contributed by atoms with E-state index >= 15 is 0 Å². The van der Waals surface area contributed by atoms with Crippen molar-refractivity contribution in [3.05, 3.63) is 34.4 Å². The monoisotopic (exact) mass is 294 g/mol. The van der Waals surface area contributed by atoms with E-state index in [4.69, 9.17) is 4.74 Å². The number of ketones is 1. The number of hydrogen-bond donors (Lipinski definition) is 3. The van der Waals surface area contributed by atoms with Gasteiger partial charge >= 0.3 is 0 Å². The van der Waals surface area contributed by atoms with Crippen LogP contribution < -0.4 is 0 Å². The Balaban J connectivity index is 2.59. The zero-order valence-electron chi connectivity index (χ0n) is 12.6. The number of hydrogen-bond acceptors (Lipinski definition) is 5. The standard InChI is InChI=1S/C16H22O5/c1-16(2,20)12-6-11-9(7-17)4-5-10(8-21-3)13(11)15(19)14(12)18/h4-5,12,14,17-18,20H,6-8H2,1-3H3/t12?,14-/m0/s1. The zero-order valence-corrected chi connectivity index (χ0v) is 12.6. The van der Waals surface area contributed by atoms with Crippen molar-refractivity contribution in [3.8, 4) is 0 Å². The fourth-order valence-electron chi connectivity index (χ4n) is 3.00. The molecule has 1 unspecified atom stereocenters. The van der Waals surface area contributed by atoms with Gasteiger partial charge in [-0.05, 0) is 37.0 Å². The number of carbonyl (C=O) groups excluding carboxylic acids is 1. The number of ether oxygens (including phenoxy) is 1. The van der Waals surface area contributed by atoms with Crippen LogP contribution in [0.15, 0.2) is 12.1 Å². The highest BCUT2D eigenvalue weighted by atomic mass is 16.5. The normalized spacial score (nSPS) is 22.3. The molecule has 2 rings (SSSR count). The van der Waals surface area contributed by atoms with E-state index in [-0.39, 0.29) is 13.2 Å². The second kappa shape index (κ2) is 5.85. The van der Waals surface area contributed by atoms with E-state index in [0.29, 0.717) is 28.7 Å². The van der Waals surface area contributed by atoms with Crippen LogP contribution in [0, 0.1) is 5.92 Å². The van der Waals surface area contributed by atoms with Crippen molar-refractivity contribution in [2.24, 2.45) is 5.92 Å². The molecule has 0 aromatic heterocycles. The molecule has 0 fully saturated rings. The summed E-state index contributed by atoms with van der Waals surface area (Å²) in [6.45, 7) is 3.24. The van der Waals surface area contributed by atoms with E-state index in [0.717, 1.165) is 0 Å². The summed E-state index contributed by atoms with van der Waals surface area (Å²) in [4.78, 5) is 12.5. The molecule has 0 saturated heterocycles. The highest BCUT2D eigenvalue weighted by Crippen LogP contribution is 2.36. The fraction of sp³-hybridized carbons (Fsp3) is 0.562. The smallest absolute Gasteiger partial charge is 0.192 e. The Morgan fingerprint density at radius 3 is 2.48 bits per heavy atom. The van der Waals surface area contributed by atoms with E-state index in [1.54, 1.807) is 26.0 Å². The molecular formula is C16H22O5. The van der Waals surface area contributed by atoms with Gasteiger partial charge in [-0.1, -0.05) is 12.1 Å². The first kappa shape index (κ1) is 16.1. The van der Waals surface area contributed by atoms with E-state index in [1.807, 2.05) is 0 Å². The molecular weight excluding hydrogens is 272 g/mol. The minimum atomic E-state index is -1.25. The van der Waals surface area contributed by atoms with E-state index in [1.165, 1.54) is 7.11 Å². The lowest BCUT2D eigenvalue weighted by molar-refractivity contribution is -0.0399. The summed E-state index contributed by atoms with van der Waals surface area (Å²) in [5.41, 5.74) is 1.30. The number of benzene rings is 1. The third-order valence-electron chi connectivity index (χ3n) is 4.19. The third kappa shape index (κ3) is 2.87. The van der Waals surface area contributed by atoms with Crippen LogP contribution in [0.2, 0.25) is 0 Å². The Labute approximate surface area is 124 Å². The summed E-state index contributed by atoms with van der Waals surface area (Å²) in [6, 6.07) is 3.50. The van der Waals surface area contributed by atoms with Gasteiger partial charge in [0.05, 0.1) is 18.8 Å². The maximum absolute atomic E-state index is 12.5. The van der Waals surface area contributed by atoms with E-state index in [9.17, 15) is 20.1 Å². The minimum Gasteiger partial charge on any atom is -0.392 e. The van der Waals surface area contributed by atoms with Crippen molar-refractivity contribution in [2.75, 3.05) is 7.11 Å². The maximum Gasteiger partial charge on any atom is 0.192 e. The molecule has 2 atom stereocenters. The summed E-state index contributed by atoms with van der Waals surface area (Å²) in [5.74, 6) is -1.01. The van der Waals surface area contributed by atoms with Gasteiger partial charge in [0.25, 0.3) is 0 Å². The zero-order chi connectivity index (χ0) is 15.8. The highest BCUT2D eigenvalue weighted by Gasteiger charge is 2.43. The van der Waals surface area contributed by atoms with Gasteiger partial charge in [-0.2, -0.15) is 0 Å². The Hall–Kier alpha value is -1.27. The van der Waals surface area contributed by atoms with E-state index < -0.39 is 23.4 Å². The molecule has 0 bridgehead atoms. The quantitative estimate of drug-likeness (QED) is 0.765. The lowest BCUT2D eigenvalue weighted by atomic mass is 9.71. The Kier molecular flexibility index (Phi) is 4.49. The van der Waals surface area contributed by atoms with Crippen LogP contribution in [0.5, 0.6) is 0 Å². The molecule has 0 heterocycles. The molecule has 21 heavy (non-hydrogen) atoms. The summed E-state index contributed by atoms with van der Waals surface area (Å²) < 4.78 is 5.10. The number of fused-ring (bicyclic) bond motifs is 1. The predicted octanol–water partition coefficient (Wildman–Crippen LogP) is 0.812. The summed E-state index contributed by atoms with van der Waals surface area (Å²) >= 11 is 0. The van der Waals surface area contributed by atoms with Crippen LogP contribution in [-0.2, 0) is 24.4 Å². The molecule has 0 aliphatic heterocycles. The topological polar surface area (TPSA) is 87.0 Å². The van der Waals surface area contributed by atoms with Gasteiger partial charge in [-0.25, -0.2) is 0 Å². The average Bonchev–Trinajstić information content (AvgIpc) is 2.41. The summed E-state index contributed by atoms with van der Waals surface area (Å²) in [6.07, 6.45) is -0.902. The molecule has 0 saturated carbocycles. The molecule has 5 nitrogen and oxygen atoms in total. The van der Waals surface area contributed by atoms with Crippen molar-refractivity contribution in [3.63, 3.8) is 0 Å². The first-order valence-electron chi connectivity index (χ1n) is 6.99. The van der Waals surface area contributed by atoms with Gasteiger partial charge in [0, 0.05) is 18.6 Å². The molecule has 1 aliphatic carbocycles.